The lowest BCUT2D eigenvalue weighted by atomic mass is 10.1. The van der Waals surface area contributed by atoms with Crippen molar-refractivity contribution >= 4 is 34.3 Å². The van der Waals surface area contributed by atoms with Crippen LogP contribution in [0.25, 0.3) is 11.0 Å². The molecule has 7 nitrogen and oxygen atoms in total. The van der Waals surface area contributed by atoms with Crippen LogP contribution in [-0.4, -0.2) is 28.8 Å². The van der Waals surface area contributed by atoms with E-state index in [4.69, 9.17) is 14.6 Å². The number of benzene rings is 2. The SMILES string of the molecule is O=C(O)Nc1ccccc1NC(=O)c1cc2cc(CCO)ccc2o1. The van der Waals surface area contributed by atoms with E-state index in [1.165, 1.54) is 0 Å². The Morgan fingerprint density at radius 1 is 1.00 bits per heavy atom. The monoisotopic (exact) mass is 340 g/mol. The van der Waals surface area contributed by atoms with Crippen LogP contribution in [0.1, 0.15) is 16.1 Å². The number of amides is 2. The maximum Gasteiger partial charge on any atom is 0.409 e. The van der Waals surface area contributed by atoms with Crippen LogP contribution in [0.2, 0.25) is 0 Å². The largest absolute Gasteiger partial charge is 0.465 e. The third-order valence-corrected chi connectivity index (χ3v) is 3.62. The molecule has 25 heavy (non-hydrogen) atoms. The fourth-order valence-electron chi connectivity index (χ4n) is 2.49. The third-order valence-electron chi connectivity index (χ3n) is 3.62. The van der Waals surface area contributed by atoms with Crippen LogP contribution in [0.3, 0.4) is 0 Å². The molecule has 3 aromatic rings. The minimum atomic E-state index is -1.22. The number of nitrogens with one attached hydrogen (secondary N) is 2. The highest BCUT2D eigenvalue weighted by molar-refractivity contribution is 6.07. The van der Waals surface area contributed by atoms with Crippen LogP contribution < -0.4 is 10.6 Å². The first-order valence-electron chi connectivity index (χ1n) is 7.60. The molecular formula is C18H16N2O5. The Labute approximate surface area is 142 Å². The molecule has 0 saturated carbocycles. The first-order valence-corrected chi connectivity index (χ1v) is 7.60. The number of para-hydroxylation sites is 2. The van der Waals surface area contributed by atoms with Crippen LogP contribution in [0.5, 0.6) is 0 Å². The number of aliphatic hydroxyl groups excluding tert-OH is 1. The summed E-state index contributed by atoms with van der Waals surface area (Å²) in [7, 11) is 0. The minimum Gasteiger partial charge on any atom is -0.465 e. The van der Waals surface area contributed by atoms with Gasteiger partial charge in [-0.3, -0.25) is 10.1 Å². The van der Waals surface area contributed by atoms with Gasteiger partial charge in [-0.1, -0.05) is 18.2 Å². The molecular weight excluding hydrogens is 324 g/mol. The van der Waals surface area contributed by atoms with Crippen molar-refractivity contribution < 1.29 is 24.2 Å². The van der Waals surface area contributed by atoms with Crippen molar-refractivity contribution in [3.63, 3.8) is 0 Å². The fourth-order valence-corrected chi connectivity index (χ4v) is 2.49. The Bertz CT molecular complexity index is 932. The molecule has 0 saturated heterocycles. The Kier molecular flexibility index (Phi) is 4.67. The molecule has 0 aliphatic heterocycles. The van der Waals surface area contributed by atoms with Crippen molar-refractivity contribution in [2.45, 2.75) is 6.42 Å². The fraction of sp³-hybridized carbons (Fsp3) is 0.111. The van der Waals surface area contributed by atoms with Gasteiger partial charge in [0.15, 0.2) is 5.76 Å². The molecule has 0 fully saturated rings. The zero-order chi connectivity index (χ0) is 17.8. The van der Waals surface area contributed by atoms with Gasteiger partial charge in [-0.25, -0.2) is 4.79 Å². The molecule has 2 aromatic carbocycles. The molecule has 3 rings (SSSR count). The van der Waals surface area contributed by atoms with E-state index < -0.39 is 12.0 Å². The lowest BCUT2D eigenvalue weighted by molar-refractivity contribution is 0.0998. The Morgan fingerprint density at radius 3 is 2.40 bits per heavy atom. The predicted molar refractivity (Wildman–Crippen MR) is 93.0 cm³/mol. The van der Waals surface area contributed by atoms with E-state index >= 15 is 0 Å². The predicted octanol–water partition coefficient (Wildman–Crippen LogP) is 3.31. The molecule has 4 N–H and O–H groups in total. The molecule has 128 valence electrons. The molecule has 0 spiro atoms. The number of hydrogen-bond donors (Lipinski definition) is 4. The summed E-state index contributed by atoms with van der Waals surface area (Å²) in [6.45, 7) is 0.0457. The smallest absolute Gasteiger partial charge is 0.409 e. The molecule has 0 aliphatic carbocycles. The summed E-state index contributed by atoms with van der Waals surface area (Å²) < 4.78 is 5.54. The number of rotatable bonds is 5. The number of aliphatic hydroxyl groups is 1. The second-order valence-electron chi connectivity index (χ2n) is 5.39. The van der Waals surface area contributed by atoms with Crippen LogP contribution in [0, 0.1) is 0 Å². The van der Waals surface area contributed by atoms with E-state index in [0.717, 1.165) is 10.9 Å². The number of furan rings is 1. The first kappa shape index (κ1) is 16.5. The summed E-state index contributed by atoms with van der Waals surface area (Å²) in [6.07, 6.45) is -0.696. The number of anilines is 2. The Morgan fingerprint density at radius 2 is 1.72 bits per heavy atom. The molecule has 1 aromatic heterocycles. The van der Waals surface area contributed by atoms with E-state index in [9.17, 15) is 9.59 Å². The second kappa shape index (κ2) is 7.06. The van der Waals surface area contributed by atoms with Crippen molar-refractivity contribution in [3.8, 4) is 0 Å². The molecule has 0 unspecified atom stereocenters. The summed E-state index contributed by atoms with van der Waals surface area (Å²) >= 11 is 0. The van der Waals surface area contributed by atoms with Gasteiger partial charge in [0.25, 0.3) is 5.91 Å². The molecule has 0 bridgehead atoms. The average molecular weight is 340 g/mol. The highest BCUT2D eigenvalue weighted by Gasteiger charge is 2.15. The lowest BCUT2D eigenvalue weighted by Gasteiger charge is -2.09. The van der Waals surface area contributed by atoms with E-state index in [0.29, 0.717) is 17.7 Å². The van der Waals surface area contributed by atoms with Crippen LogP contribution >= 0.6 is 0 Å². The van der Waals surface area contributed by atoms with Gasteiger partial charge in [0.2, 0.25) is 0 Å². The zero-order valence-corrected chi connectivity index (χ0v) is 13.2. The van der Waals surface area contributed by atoms with E-state index in [-0.39, 0.29) is 18.1 Å². The van der Waals surface area contributed by atoms with Gasteiger partial charge >= 0.3 is 6.09 Å². The quantitative estimate of drug-likeness (QED) is 0.569. The number of carbonyl (C=O) groups excluding carboxylic acids is 1. The summed E-state index contributed by atoms with van der Waals surface area (Å²) in [4.78, 5) is 23.2. The number of fused-ring (bicyclic) bond motifs is 1. The second-order valence-corrected chi connectivity index (χ2v) is 5.39. The van der Waals surface area contributed by atoms with E-state index in [2.05, 4.69) is 10.6 Å². The first-order chi connectivity index (χ1) is 12.1. The Hall–Kier alpha value is -3.32. The average Bonchev–Trinajstić information content (AvgIpc) is 3.00. The van der Waals surface area contributed by atoms with E-state index in [1.54, 1.807) is 36.4 Å². The molecule has 0 radical (unpaired) electrons. The van der Waals surface area contributed by atoms with Crippen molar-refractivity contribution in [1.82, 2.24) is 0 Å². The maximum atomic E-state index is 12.4. The van der Waals surface area contributed by atoms with Crippen molar-refractivity contribution in [2.75, 3.05) is 17.2 Å². The number of carboxylic acid groups (broad SMARTS) is 1. The van der Waals surface area contributed by atoms with Gasteiger partial charge in [-0.05, 0) is 42.3 Å². The van der Waals surface area contributed by atoms with Crippen LogP contribution in [0.15, 0.2) is 52.9 Å². The summed E-state index contributed by atoms with van der Waals surface area (Å²) in [5.41, 5.74) is 2.10. The summed E-state index contributed by atoms with van der Waals surface area (Å²) in [5, 5.41) is 23.5. The highest BCUT2D eigenvalue weighted by Crippen LogP contribution is 2.24. The Balaban J connectivity index is 1.84. The van der Waals surface area contributed by atoms with Gasteiger partial charge < -0.3 is 19.9 Å². The van der Waals surface area contributed by atoms with Gasteiger partial charge in [-0.15, -0.1) is 0 Å². The normalized spacial score (nSPS) is 10.6. The van der Waals surface area contributed by atoms with Gasteiger partial charge in [0, 0.05) is 12.0 Å². The topological polar surface area (TPSA) is 112 Å². The van der Waals surface area contributed by atoms with Gasteiger partial charge in [0.05, 0.1) is 11.4 Å². The number of carbonyl (C=O) groups is 2. The van der Waals surface area contributed by atoms with Gasteiger partial charge in [-0.2, -0.15) is 0 Å². The third kappa shape index (κ3) is 3.78. The van der Waals surface area contributed by atoms with Gasteiger partial charge in [0.1, 0.15) is 5.58 Å². The summed E-state index contributed by atoms with van der Waals surface area (Å²) in [6, 6.07) is 13.5. The van der Waals surface area contributed by atoms with Crippen molar-refractivity contribution in [1.29, 1.82) is 0 Å². The van der Waals surface area contributed by atoms with Crippen LogP contribution in [0.4, 0.5) is 16.2 Å². The van der Waals surface area contributed by atoms with Crippen LogP contribution in [-0.2, 0) is 6.42 Å². The van der Waals surface area contributed by atoms with Crippen molar-refractivity contribution in [3.05, 3.63) is 59.9 Å². The molecule has 0 aliphatic rings. The molecule has 2 amide bonds. The molecule has 7 heteroatoms. The summed E-state index contributed by atoms with van der Waals surface area (Å²) in [5.74, 6) is -0.374. The zero-order valence-electron chi connectivity index (χ0n) is 13.2. The number of hydrogen-bond acceptors (Lipinski definition) is 4. The van der Waals surface area contributed by atoms with E-state index in [1.807, 2.05) is 12.1 Å². The lowest BCUT2D eigenvalue weighted by Crippen LogP contribution is -2.14. The molecule has 1 heterocycles. The maximum absolute atomic E-state index is 12.4. The molecule has 0 atom stereocenters. The standard InChI is InChI=1S/C18H16N2O5/c21-8-7-11-5-6-15-12(9-11)10-16(25-15)17(22)19-13-3-1-2-4-14(13)20-18(23)24/h1-6,9-10,20-21H,7-8H2,(H,19,22)(H,23,24). The highest BCUT2D eigenvalue weighted by atomic mass is 16.4. The minimum absolute atomic E-state index is 0.0457. The van der Waals surface area contributed by atoms with Crippen molar-refractivity contribution in [2.24, 2.45) is 0 Å².